The summed E-state index contributed by atoms with van der Waals surface area (Å²) in [6, 6.07) is 4.65. The molecule has 0 bridgehead atoms. The Kier molecular flexibility index (Phi) is 6.54. The molecular weight excluding hydrogens is 225 g/mol. The van der Waals surface area contributed by atoms with Gasteiger partial charge in [0, 0.05) is 7.11 Å². The van der Waals surface area contributed by atoms with Crippen LogP contribution in [0.5, 0.6) is 0 Å². The Morgan fingerprint density at radius 3 is 2.53 bits per heavy atom. The molecule has 1 rings (SSSR count). The van der Waals surface area contributed by atoms with Gasteiger partial charge in [-0.1, -0.05) is 6.07 Å². The number of nitrogens with two attached hydrogens (primary N) is 1. The minimum atomic E-state index is -0.414. The standard InChI is InChI=1S/C12H18FNO3/c1-15-4-5-16-6-7-17-9-10-2-3-12(14)11(13)8-10/h2-3,8H,4-7,9,14H2,1H3. The highest BCUT2D eigenvalue weighted by Gasteiger charge is 2.00. The van der Waals surface area contributed by atoms with E-state index in [0.29, 0.717) is 33.0 Å². The molecule has 1 aromatic carbocycles. The van der Waals surface area contributed by atoms with E-state index in [1.54, 1.807) is 13.2 Å². The fraction of sp³-hybridized carbons (Fsp3) is 0.500. The lowest BCUT2D eigenvalue weighted by Gasteiger charge is -2.06. The third-order valence-electron chi connectivity index (χ3n) is 2.14. The number of ether oxygens (including phenoxy) is 3. The Morgan fingerprint density at radius 2 is 1.82 bits per heavy atom. The molecule has 0 unspecified atom stereocenters. The van der Waals surface area contributed by atoms with Crippen molar-refractivity contribution in [3.63, 3.8) is 0 Å². The molecule has 5 heteroatoms. The van der Waals surface area contributed by atoms with Gasteiger partial charge in [-0.15, -0.1) is 0 Å². The summed E-state index contributed by atoms with van der Waals surface area (Å²) < 4.78 is 28.4. The van der Waals surface area contributed by atoms with Gasteiger partial charge in [-0.3, -0.25) is 0 Å². The van der Waals surface area contributed by atoms with E-state index >= 15 is 0 Å². The Bertz CT molecular complexity index is 334. The predicted octanol–water partition coefficient (Wildman–Crippen LogP) is 1.59. The number of hydrogen-bond donors (Lipinski definition) is 1. The van der Waals surface area contributed by atoms with Gasteiger partial charge >= 0.3 is 0 Å². The molecule has 96 valence electrons. The molecule has 1 aromatic rings. The number of rotatable bonds is 8. The summed E-state index contributed by atoms with van der Waals surface area (Å²) in [5, 5.41) is 0. The molecule has 4 nitrogen and oxygen atoms in total. The number of anilines is 1. The van der Waals surface area contributed by atoms with Crippen LogP contribution in [-0.4, -0.2) is 33.5 Å². The number of nitrogen functional groups attached to an aromatic ring is 1. The highest BCUT2D eigenvalue weighted by Crippen LogP contribution is 2.12. The first kappa shape index (κ1) is 13.9. The number of hydrogen-bond acceptors (Lipinski definition) is 4. The smallest absolute Gasteiger partial charge is 0.146 e. The second kappa shape index (κ2) is 8.00. The van der Waals surface area contributed by atoms with Gasteiger partial charge in [-0.2, -0.15) is 0 Å². The van der Waals surface area contributed by atoms with Crippen LogP contribution >= 0.6 is 0 Å². The second-order valence-electron chi connectivity index (χ2n) is 3.51. The summed E-state index contributed by atoms with van der Waals surface area (Å²) in [4.78, 5) is 0. The number of halogens is 1. The summed E-state index contributed by atoms with van der Waals surface area (Å²) in [6.07, 6.45) is 0. The summed E-state index contributed by atoms with van der Waals surface area (Å²) in [6.45, 7) is 2.45. The van der Waals surface area contributed by atoms with Crippen LogP contribution in [0.3, 0.4) is 0 Å². The summed E-state index contributed by atoms with van der Waals surface area (Å²) in [5.74, 6) is -0.414. The van der Waals surface area contributed by atoms with Gasteiger partial charge in [0.05, 0.1) is 38.7 Å². The molecule has 0 aromatic heterocycles. The van der Waals surface area contributed by atoms with Crippen molar-refractivity contribution in [3.05, 3.63) is 29.6 Å². The molecule has 0 aliphatic carbocycles. The van der Waals surface area contributed by atoms with Crippen LogP contribution in [0.1, 0.15) is 5.56 Å². The van der Waals surface area contributed by atoms with E-state index in [1.807, 2.05) is 0 Å². The van der Waals surface area contributed by atoms with Crippen LogP contribution in [-0.2, 0) is 20.8 Å². The quantitative estimate of drug-likeness (QED) is 0.556. The van der Waals surface area contributed by atoms with Gasteiger partial charge in [0.25, 0.3) is 0 Å². The molecule has 0 aliphatic rings. The highest BCUT2D eigenvalue weighted by molar-refractivity contribution is 5.41. The van der Waals surface area contributed by atoms with E-state index < -0.39 is 5.82 Å². The van der Waals surface area contributed by atoms with Gasteiger partial charge < -0.3 is 19.9 Å². The SMILES string of the molecule is COCCOCCOCc1ccc(N)c(F)c1. The molecule has 0 spiro atoms. The van der Waals surface area contributed by atoms with Gasteiger partial charge in [-0.25, -0.2) is 4.39 Å². The lowest BCUT2D eigenvalue weighted by molar-refractivity contribution is 0.0199. The third-order valence-corrected chi connectivity index (χ3v) is 2.14. The van der Waals surface area contributed by atoms with Gasteiger partial charge in [0.15, 0.2) is 0 Å². The molecule has 2 N–H and O–H groups in total. The average molecular weight is 243 g/mol. The van der Waals surface area contributed by atoms with Crippen molar-refractivity contribution in [1.29, 1.82) is 0 Å². The molecular formula is C12H18FNO3. The van der Waals surface area contributed by atoms with E-state index in [-0.39, 0.29) is 5.69 Å². The monoisotopic (exact) mass is 243 g/mol. The molecule has 0 saturated carbocycles. The first-order chi connectivity index (χ1) is 8.24. The molecule has 17 heavy (non-hydrogen) atoms. The van der Waals surface area contributed by atoms with Crippen molar-refractivity contribution in [2.24, 2.45) is 0 Å². The molecule has 0 fully saturated rings. The molecule has 0 atom stereocenters. The maximum atomic E-state index is 13.1. The Hall–Kier alpha value is -1.17. The van der Waals surface area contributed by atoms with E-state index in [0.717, 1.165) is 5.56 Å². The minimum Gasteiger partial charge on any atom is -0.396 e. The molecule has 0 amide bonds. The van der Waals surface area contributed by atoms with Crippen LogP contribution in [0.4, 0.5) is 10.1 Å². The Labute approximate surface area is 100 Å². The normalized spacial score (nSPS) is 10.7. The highest BCUT2D eigenvalue weighted by atomic mass is 19.1. The maximum absolute atomic E-state index is 13.1. The third kappa shape index (κ3) is 5.63. The van der Waals surface area contributed by atoms with Crippen molar-refractivity contribution in [3.8, 4) is 0 Å². The Balaban J connectivity index is 2.11. The fourth-order valence-electron chi connectivity index (χ4n) is 1.21. The molecule has 0 aliphatic heterocycles. The minimum absolute atomic E-state index is 0.150. The van der Waals surface area contributed by atoms with E-state index in [9.17, 15) is 4.39 Å². The fourth-order valence-corrected chi connectivity index (χ4v) is 1.21. The molecule has 0 radical (unpaired) electrons. The lowest BCUT2D eigenvalue weighted by Crippen LogP contribution is -2.08. The predicted molar refractivity (Wildman–Crippen MR) is 63.2 cm³/mol. The zero-order valence-corrected chi connectivity index (χ0v) is 9.95. The summed E-state index contributed by atoms with van der Waals surface area (Å²) in [5.41, 5.74) is 6.27. The average Bonchev–Trinajstić information content (AvgIpc) is 2.32. The Morgan fingerprint density at radius 1 is 1.12 bits per heavy atom. The van der Waals surface area contributed by atoms with Crippen molar-refractivity contribution < 1.29 is 18.6 Å². The number of benzene rings is 1. The molecule has 0 saturated heterocycles. The van der Waals surface area contributed by atoms with Gasteiger partial charge in [0.2, 0.25) is 0 Å². The second-order valence-corrected chi connectivity index (χ2v) is 3.51. The topological polar surface area (TPSA) is 53.7 Å². The van der Waals surface area contributed by atoms with Crippen LogP contribution in [0.25, 0.3) is 0 Å². The first-order valence-electron chi connectivity index (χ1n) is 5.42. The summed E-state index contributed by atoms with van der Waals surface area (Å²) >= 11 is 0. The zero-order chi connectivity index (χ0) is 12.5. The largest absolute Gasteiger partial charge is 0.396 e. The van der Waals surface area contributed by atoms with Crippen LogP contribution in [0.2, 0.25) is 0 Å². The van der Waals surface area contributed by atoms with Crippen molar-refractivity contribution in [2.75, 3.05) is 39.3 Å². The first-order valence-corrected chi connectivity index (χ1v) is 5.42. The molecule has 0 heterocycles. The van der Waals surface area contributed by atoms with Crippen molar-refractivity contribution in [2.45, 2.75) is 6.61 Å². The number of methoxy groups -OCH3 is 1. The van der Waals surface area contributed by atoms with E-state index in [2.05, 4.69) is 0 Å². The van der Waals surface area contributed by atoms with E-state index in [4.69, 9.17) is 19.9 Å². The summed E-state index contributed by atoms with van der Waals surface area (Å²) in [7, 11) is 1.62. The van der Waals surface area contributed by atoms with Crippen molar-refractivity contribution in [1.82, 2.24) is 0 Å². The van der Waals surface area contributed by atoms with Gasteiger partial charge in [-0.05, 0) is 17.7 Å². The maximum Gasteiger partial charge on any atom is 0.146 e. The van der Waals surface area contributed by atoms with E-state index in [1.165, 1.54) is 12.1 Å². The van der Waals surface area contributed by atoms with Crippen LogP contribution in [0, 0.1) is 5.82 Å². The lowest BCUT2D eigenvalue weighted by atomic mass is 10.2. The van der Waals surface area contributed by atoms with Crippen LogP contribution < -0.4 is 5.73 Å². The van der Waals surface area contributed by atoms with Gasteiger partial charge in [0.1, 0.15) is 5.82 Å². The van der Waals surface area contributed by atoms with Crippen LogP contribution in [0.15, 0.2) is 18.2 Å². The zero-order valence-electron chi connectivity index (χ0n) is 9.95. The van der Waals surface area contributed by atoms with Crippen molar-refractivity contribution >= 4 is 5.69 Å².